The second kappa shape index (κ2) is 13.6. The van der Waals surface area contributed by atoms with Crippen LogP contribution in [0.5, 0.6) is 5.75 Å². The number of nitrogens with one attached hydrogen (secondary N) is 3. The third-order valence-corrected chi connectivity index (χ3v) is 10.1. The Labute approximate surface area is 282 Å². The van der Waals surface area contributed by atoms with Crippen molar-refractivity contribution in [3.63, 3.8) is 0 Å². The number of nitrogens with zero attached hydrogens (tertiary/aromatic N) is 5. The highest BCUT2D eigenvalue weighted by Gasteiger charge is 2.24. The van der Waals surface area contributed by atoms with Crippen LogP contribution in [0.25, 0.3) is 16.4 Å². The van der Waals surface area contributed by atoms with Crippen molar-refractivity contribution in [2.24, 2.45) is 0 Å². The number of hydrogen-bond donors (Lipinski definition) is 3. The maximum absolute atomic E-state index is 13.7. The molecular weight excluding hydrogens is 648 g/mol. The molecule has 1 amide bonds. The molecular formula is C35H35FN8O4S. The number of amides is 1. The third kappa shape index (κ3) is 7.39. The van der Waals surface area contributed by atoms with E-state index in [1.807, 2.05) is 45.9 Å². The predicted molar refractivity (Wildman–Crippen MR) is 182 cm³/mol. The topological polar surface area (TPSA) is 145 Å². The maximum Gasteiger partial charge on any atom is 0.264 e. The highest BCUT2D eigenvalue weighted by molar-refractivity contribution is 7.90. The lowest BCUT2D eigenvalue weighted by Gasteiger charge is -2.29. The van der Waals surface area contributed by atoms with E-state index in [0.717, 1.165) is 58.9 Å². The molecule has 1 aliphatic carbocycles. The van der Waals surface area contributed by atoms with Gasteiger partial charge in [-0.3, -0.25) is 9.48 Å². The summed E-state index contributed by atoms with van der Waals surface area (Å²) in [6.07, 6.45) is 8.80. The maximum atomic E-state index is 13.7. The van der Waals surface area contributed by atoms with E-state index in [-0.39, 0.29) is 16.8 Å². The zero-order valence-corrected chi connectivity index (χ0v) is 27.5. The molecule has 0 radical (unpaired) electrons. The van der Waals surface area contributed by atoms with Crippen molar-refractivity contribution in [1.82, 2.24) is 34.4 Å². The van der Waals surface area contributed by atoms with Crippen LogP contribution in [0, 0.1) is 5.82 Å². The molecule has 3 N–H and O–H groups in total. The number of carbonyl (C=O) groups is 1. The molecule has 1 fully saturated rings. The molecule has 3 heterocycles. The van der Waals surface area contributed by atoms with Gasteiger partial charge >= 0.3 is 0 Å². The molecule has 49 heavy (non-hydrogen) atoms. The molecule has 0 unspecified atom stereocenters. The predicted octanol–water partition coefficient (Wildman–Crippen LogP) is 5.31. The summed E-state index contributed by atoms with van der Waals surface area (Å²) >= 11 is 0. The summed E-state index contributed by atoms with van der Waals surface area (Å²) in [5.41, 5.74) is 4.31. The zero-order chi connectivity index (χ0) is 34.0. The highest BCUT2D eigenvalue weighted by atomic mass is 32.2. The zero-order valence-electron chi connectivity index (χ0n) is 26.7. The number of benzene rings is 3. The van der Waals surface area contributed by atoms with Gasteiger partial charge in [-0.1, -0.05) is 24.3 Å². The number of hydrogen-bond acceptors (Lipinski definition) is 9. The first-order valence-corrected chi connectivity index (χ1v) is 17.5. The Kier molecular flexibility index (Phi) is 8.97. The number of ether oxygens (including phenoxy) is 1. The fourth-order valence-corrected chi connectivity index (χ4v) is 7.20. The molecule has 7 rings (SSSR count). The molecule has 1 aliphatic rings. The smallest absolute Gasteiger partial charge is 0.264 e. The first-order valence-electron chi connectivity index (χ1n) is 16.0. The lowest BCUT2D eigenvalue weighted by atomic mass is 9.92. The van der Waals surface area contributed by atoms with Gasteiger partial charge < -0.3 is 15.4 Å². The van der Waals surface area contributed by atoms with Crippen molar-refractivity contribution < 1.29 is 22.3 Å². The fraction of sp³-hybridized carbons (Fsp3) is 0.257. The van der Waals surface area contributed by atoms with E-state index in [0.29, 0.717) is 30.7 Å². The van der Waals surface area contributed by atoms with Crippen LogP contribution >= 0.6 is 0 Å². The summed E-state index contributed by atoms with van der Waals surface area (Å²) in [6.45, 7) is 2.24. The Hall–Kier alpha value is -5.34. The third-order valence-electron chi connectivity index (χ3n) is 8.62. The van der Waals surface area contributed by atoms with E-state index >= 15 is 0 Å². The molecule has 3 aromatic heterocycles. The molecule has 252 valence electrons. The van der Waals surface area contributed by atoms with E-state index < -0.39 is 15.9 Å². The van der Waals surface area contributed by atoms with Crippen LogP contribution in [0.3, 0.4) is 0 Å². The summed E-state index contributed by atoms with van der Waals surface area (Å²) in [6, 6.07) is 21.2. The van der Waals surface area contributed by atoms with Crippen LogP contribution in [0.1, 0.15) is 43.7 Å². The second-order valence-electron chi connectivity index (χ2n) is 12.2. The van der Waals surface area contributed by atoms with Gasteiger partial charge in [0.05, 0.1) is 29.3 Å². The fourth-order valence-electron chi connectivity index (χ4n) is 6.21. The van der Waals surface area contributed by atoms with Crippen molar-refractivity contribution in [3.05, 3.63) is 108 Å². The van der Waals surface area contributed by atoms with Gasteiger partial charge in [-0.2, -0.15) is 10.2 Å². The minimum atomic E-state index is -3.85. The van der Waals surface area contributed by atoms with Gasteiger partial charge in [-0.15, -0.1) is 0 Å². The summed E-state index contributed by atoms with van der Waals surface area (Å²) in [5.74, 6) is 0.431. The van der Waals surface area contributed by atoms with E-state index in [1.165, 1.54) is 37.5 Å². The van der Waals surface area contributed by atoms with Crippen molar-refractivity contribution in [2.75, 3.05) is 5.32 Å². The van der Waals surface area contributed by atoms with Crippen LogP contribution in [0.4, 0.5) is 15.9 Å². The largest absolute Gasteiger partial charge is 0.488 e. The minimum Gasteiger partial charge on any atom is -0.488 e. The summed E-state index contributed by atoms with van der Waals surface area (Å²) in [5, 5.41) is 16.8. The number of anilines is 2. The van der Waals surface area contributed by atoms with Crippen molar-refractivity contribution in [2.45, 2.75) is 62.7 Å². The summed E-state index contributed by atoms with van der Waals surface area (Å²) < 4.78 is 50.2. The average molecular weight is 683 g/mol. The SMILES string of the molecule is CC(=O)NS(=O)(=O)c1ccc(CNC2CCC(Oc3ccn4ncnc(Nc5ccc6c(cnn6Cc6cccc(F)c6)c5)c34)CC2)cc1. The van der Waals surface area contributed by atoms with Gasteiger partial charge in [0.15, 0.2) is 11.6 Å². The molecule has 1 saturated carbocycles. The molecule has 0 atom stereocenters. The first-order chi connectivity index (χ1) is 23.7. The molecule has 0 aliphatic heterocycles. The number of fused-ring (bicyclic) bond motifs is 2. The first kappa shape index (κ1) is 32.2. The Morgan fingerprint density at radius 3 is 2.57 bits per heavy atom. The van der Waals surface area contributed by atoms with Crippen LogP contribution in [0.15, 0.2) is 96.4 Å². The molecule has 3 aromatic carbocycles. The van der Waals surface area contributed by atoms with Crippen LogP contribution in [-0.4, -0.2) is 50.8 Å². The van der Waals surface area contributed by atoms with Crippen LogP contribution < -0.4 is 20.1 Å². The molecule has 14 heteroatoms. The quantitative estimate of drug-likeness (QED) is 0.166. The van der Waals surface area contributed by atoms with Gasteiger partial charge in [0.1, 0.15) is 17.7 Å². The molecule has 0 saturated heterocycles. The Bertz CT molecular complexity index is 2230. The van der Waals surface area contributed by atoms with Crippen molar-refractivity contribution in [3.8, 4) is 5.75 Å². The Morgan fingerprint density at radius 1 is 0.980 bits per heavy atom. The number of sulfonamides is 1. The summed E-state index contributed by atoms with van der Waals surface area (Å²) in [4.78, 5) is 15.8. The van der Waals surface area contributed by atoms with Gasteiger partial charge in [0.2, 0.25) is 5.91 Å². The van der Waals surface area contributed by atoms with Crippen LogP contribution in [-0.2, 0) is 27.9 Å². The Balaban J connectivity index is 0.963. The number of aromatic nitrogens is 5. The number of halogens is 1. The molecule has 12 nitrogen and oxygen atoms in total. The van der Waals surface area contributed by atoms with Gasteiger partial charge in [-0.25, -0.2) is 27.0 Å². The molecule has 0 spiro atoms. The minimum absolute atomic E-state index is 0.0378. The van der Waals surface area contributed by atoms with Crippen LogP contribution in [0.2, 0.25) is 0 Å². The standard InChI is InChI=1S/C35H35FN8O4S/c1-23(45)42-49(46,47)31-12-5-24(6-13-31)19-37-28-7-10-30(11-8-28)48-33-15-16-43-34(33)35(38-22-40-43)41-29-9-14-32-26(18-29)20-39-44(32)21-25-3-2-4-27(36)17-25/h2-6,9,12-18,20,22,28,30,37H,7-8,10-11,19,21H2,1H3,(H,42,45)(H,38,40,41). The number of carbonyl (C=O) groups excluding carboxylic acids is 1. The second-order valence-corrected chi connectivity index (χ2v) is 13.9. The van der Waals surface area contributed by atoms with Gasteiger partial charge in [-0.05, 0) is 79.3 Å². The summed E-state index contributed by atoms with van der Waals surface area (Å²) in [7, 11) is -3.85. The Morgan fingerprint density at radius 2 is 1.80 bits per heavy atom. The van der Waals surface area contributed by atoms with Gasteiger partial charge in [0.25, 0.3) is 10.0 Å². The highest BCUT2D eigenvalue weighted by Crippen LogP contribution is 2.32. The number of rotatable bonds is 11. The van der Waals surface area contributed by atoms with Crippen molar-refractivity contribution in [1.29, 1.82) is 0 Å². The normalized spacial score (nSPS) is 16.5. The van der Waals surface area contributed by atoms with Gasteiger partial charge in [0, 0.05) is 42.8 Å². The monoisotopic (exact) mass is 682 g/mol. The van der Waals surface area contributed by atoms with E-state index in [9.17, 15) is 17.6 Å². The lowest BCUT2D eigenvalue weighted by Crippen LogP contribution is -2.36. The van der Waals surface area contributed by atoms with E-state index in [2.05, 4.69) is 25.8 Å². The molecule has 6 aromatic rings. The average Bonchev–Trinajstić information content (AvgIpc) is 3.68. The molecule has 0 bridgehead atoms. The van der Waals surface area contributed by atoms with E-state index in [4.69, 9.17) is 4.74 Å². The van der Waals surface area contributed by atoms with E-state index in [1.54, 1.807) is 28.9 Å². The van der Waals surface area contributed by atoms with Crippen molar-refractivity contribution >= 4 is 43.9 Å². The lowest BCUT2D eigenvalue weighted by molar-refractivity contribution is -0.117.